The lowest BCUT2D eigenvalue weighted by atomic mass is 10.1. The molecule has 0 aromatic carbocycles. The average Bonchev–Trinajstić information content (AvgIpc) is 1.98. The first-order chi connectivity index (χ1) is 3.72. The third-order valence-corrected chi connectivity index (χ3v) is 1.53. The Hall–Kier alpha value is -0.790. The van der Waals surface area contributed by atoms with Crippen LogP contribution in [0.25, 0.3) is 0 Å². The zero-order valence-corrected chi connectivity index (χ0v) is 5.23. The van der Waals surface area contributed by atoms with Gasteiger partial charge in [0.2, 0.25) is 0 Å². The zero-order chi connectivity index (χ0) is 6.15. The van der Waals surface area contributed by atoms with E-state index in [0.717, 1.165) is 11.4 Å². The summed E-state index contributed by atoms with van der Waals surface area (Å²) in [7, 11) is 0. The molecule has 0 aromatic rings. The van der Waals surface area contributed by atoms with Crippen LogP contribution in [0.3, 0.4) is 0 Å². The summed E-state index contributed by atoms with van der Waals surface area (Å²) < 4.78 is 0. The molecule has 0 radical (unpaired) electrons. The topological polar surface area (TPSA) is 24.4 Å². The van der Waals surface area contributed by atoms with Crippen molar-refractivity contribution in [3.05, 3.63) is 12.3 Å². The Balaban J connectivity index is 2.72. The van der Waals surface area contributed by atoms with E-state index in [1.165, 1.54) is 0 Å². The van der Waals surface area contributed by atoms with Crippen molar-refractivity contribution in [2.45, 2.75) is 13.8 Å². The highest BCUT2D eigenvalue weighted by Gasteiger charge is 2.14. The van der Waals surface area contributed by atoms with Gasteiger partial charge < -0.3 is 0 Å². The first-order valence-corrected chi connectivity index (χ1v) is 2.71. The Bertz CT molecular complexity index is 147. The molecule has 0 spiro atoms. The van der Waals surface area contributed by atoms with Crippen LogP contribution in [0.4, 0.5) is 0 Å². The molecule has 1 N–H and O–H groups in total. The number of nitrogens with zero attached hydrogens (tertiary/aromatic N) is 1. The van der Waals surface area contributed by atoms with Crippen molar-refractivity contribution in [1.82, 2.24) is 5.43 Å². The Morgan fingerprint density at radius 3 is 2.50 bits per heavy atom. The van der Waals surface area contributed by atoms with Crippen molar-refractivity contribution >= 4 is 5.71 Å². The van der Waals surface area contributed by atoms with Crippen molar-refractivity contribution in [2.75, 3.05) is 0 Å². The van der Waals surface area contributed by atoms with E-state index in [9.17, 15) is 0 Å². The van der Waals surface area contributed by atoms with Crippen LogP contribution in [0.1, 0.15) is 13.8 Å². The molecule has 44 valence electrons. The van der Waals surface area contributed by atoms with Crippen LogP contribution in [-0.4, -0.2) is 5.71 Å². The van der Waals surface area contributed by atoms with E-state index >= 15 is 0 Å². The normalized spacial score (nSPS) is 27.5. The fraction of sp³-hybridized carbons (Fsp3) is 0.500. The number of nitrogens with one attached hydrogen (secondary N) is 1. The SMILES string of the molecule is C=C1NN=C(C)[C@H]1C. The first kappa shape index (κ1) is 5.35. The van der Waals surface area contributed by atoms with Crippen LogP contribution in [0, 0.1) is 5.92 Å². The molecule has 0 bridgehead atoms. The summed E-state index contributed by atoms with van der Waals surface area (Å²) in [6, 6.07) is 0. The molecule has 0 amide bonds. The third-order valence-electron chi connectivity index (χ3n) is 1.53. The second-order valence-corrected chi connectivity index (χ2v) is 2.11. The van der Waals surface area contributed by atoms with E-state index in [-0.39, 0.29) is 0 Å². The van der Waals surface area contributed by atoms with Crippen molar-refractivity contribution in [1.29, 1.82) is 0 Å². The average molecular weight is 110 g/mol. The van der Waals surface area contributed by atoms with Gasteiger partial charge >= 0.3 is 0 Å². The molecule has 0 unspecified atom stereocenters. The number of allylic oxidation sites excluding steroid dienone is 1. The van der Waals surface area contributed by atoms with Crippen LogP contribution in [0.2, 0.25) is 0 Å². The van der Waals surface area contributed by atoms with Gasteiger partial charge in [-0.3, -0.25) is 5.43 Å². The van der Waals surface area contributed by atoms with Crippen LogP contribution in [-0.2, 0) is 0 Å². The van der Waals surface area contributed by atoms with E-state index in [0.29, 0.717) is 5.92 Å². The lowest BCUT2D eigenvalue weighted by Crippen LogP contribution is -2.04. The van der Waals surface area contributed by atoms with Crippen LogP contribution in [0.15, 0.2) is 17.4 Å². The Morgan fingerprint density at radius 1 is 1.75 bits per heavy atom. The minimum Gasteiger partial charge on any atom is -0.283 e. The van der Waals surface area contributed by atoms with Crippen molar-refractivity contribution in [3.63, 3.8) is 0 Å². The Morgan fingerprint density at radius 2 is 2.38 bits per heavy atom. The van der Waals surface area contributed by atoms with Gasteiger partial charge in [0.15, 0.2) is 0 Å². The van der Waals surface area contributed by atoms with Gasteiger partial charge in [-0.2, -0.15) is 5.10 Å². The molecule has 1 aliphatic rings. The molecule has 1 heterocycles. The smallest absolute Gasteiger partial charge is 0.0438 e. The van der Waals surface area contributed by atoms with E-state index in [1.807, 2.05) is 6.92 Å². The van der Waals surface area contributed by atoms with Gasteiger partial charge in [0.05, 0.1) is 0 Å². The van der Waals surface area contributed by atoms with Gasteiger partial charge in [0, 0.05) is 17.3 Å². The molecule has 1 atom stereocenters. The molecule has 0 aliphatic carbocycles. The maximum atomic E-state index is 3.97. The van der Waals surface area contributed by atoms with Gasteiger partial charge in [-0.25, -0.2) is 0 Å². The summed E-state index contributed by atoms with van der Waals surface area (Å²) in [5.74, 6) is 0.426. The summed E-state index contributed by atoms with van der Waals surface area (Å²) >= 11 is 0. The fourth-order valence-corrected chi connectivity index (χ4v) is 0.606. The second kappa shape index (κ2) is 1.62. The van der Waals surface area contributed by atoms with Crippen LogP contribution < -0.4 is 5.43 Å². The molecule has 1 aliphatic heterocycles. The number of hydrogen-bond acceptors (Lipinski definition) is 2. The highest BCUT2D eigenvalue weighted by molar-refractivity contribution is 5.87. The maximum Gasteiger partial charge on any atom is 0.0438 e. The lowest BCUT2D eigenvalue weighted by Gasteiger charge is -1.99. The van der Waals surface area contributed by atoms with E-state index in [2.05, 4.69) is 24.0 Å². The predicted molar refractivity (Wildman–Crippen MR) is 34.5 cm³/mol. The van der Waals surface area contributed by atoms with Crippen molar-refractivity contribution in [2.24, 2.45) is 11.0 Å². The van der Waals surface area contributed by atoms with Gasteiger partial charge in [-0.05, 0) is 6.92 Å². The maximum absolute atomic E-state index is 3.97. The molecule has 1 rings (SSSR count). The summed E-state index contributed by atoms with van der Waals surface area (Å²) in [5.41, 5.74) is 4.94. The van der Waals surface area contributed by atoms with Gasteiger partial charge in [0.1, 0.15) is 0 Å². The molecule has 0 aromatic heterocycles. The van der Waals surface area contributed by atoms with E-state index < -0.39 is 0 Å². The lowest BCUT2D eigenvalue weighted by molar-refractivity contribution is 0.838. The molecule has 8 heavy (non-hydrogen) atoms. The molecular formula is C6H10N2. The van der Waals surface area contributed by atoms with Crippen molar-refractivity contribution in [3.8, 4) is 0 Å². The van der Waals surface area contributed by atoms with Gasteiger partial charge in [-0.1, -0.05) is 13.5 Å². The quantitative estimate of drug-likeness (QED) is 0.496. The molecule has 0 saturated heterocycles. The zero-order valence-electron chi connectivity index (χ0n) is 5.23. The largest absolute Gasteiger partial charge is 0.283 e. The molecule has 0 saturated carbocycles. The highest BCUT2D eigenvalue weighted by atomic mass is 15.3. The second-order valence-electron chi connectivity index (χ2n) is 2.11. The number of hydrazone groups is 1. The summed E-state index contributed by atoms with van der Waals surface area (Å²) in [6.45, 7) is 7.84. The minimum absolute atomic E-state index is 0.426. The van der Waals surface area contributed by atoms with Gasteiger partial charge in [0.25, 0.3) is 0 Å². The van der Waals surface area contributed by atoms with Crippen LogP contribution >= 0.6 is 0 Å². The van der Waals surface area contributed by atoms with E-state index in [1.54, 1.807) is 0 Å². The summed E-state index contributed by atoms with van der Waals surface area (Å²) in [6.07, 6.45) is 0. The molecular weight excluding hydrogens is 100 g/mol. The van der Waals surface area contributed by atoms with Crippen LogP contribution in [0.5, 0.6) is 0 Å². The first-order valence-electron chi connectivity index (χ1n) is 2.71. The standard InChI is InChI=1S/C6H10N2/c1-4-5(2)7-8-6(4)3/h4,7H,2H2,1,3H3/t4-/m0/s1. The Labute approximate surface area is 49.3 Å². The number of rotatable bonds is 0. The van der Waals surface area contributed by atoms with Crippen molar-refractivity contribution < 1.29 is 0 Å². The Kier molecular flexibility index (Phi) is 1.08. The van der Waals surface area contributed by atoms with Gasteiger partial charge in [-0.15, -0.1) is 0 Å². The molecule has 0 fully saturated rings. The molecule has 2 nitrogen and oxygen atoms in total. The summed E-state index contributed by atoms with van der Waals surface area (Å²) in [4.78, 5) is 0. The predicted octanol–water partition coefficient (Wildman–Crippen LogP) is 1.12. The van der Waals surface area contributed by atoms with E-state index in [4.69, 9.17) is 0 Å². The fourth-order valence-electron chi connectivity index (χ4n) is 0.606. The number of hydrogen-bond donors (Lipinski definition) is 1. The third kappa shape index (κ3) is 0.619. The minimum atomic E-state index is 0.426. The monoisotopic (exact) mass is 110 g/mol. The highest BCUT2D eigenvalue weighted by Crippen LogP contribution is 2.12. The molecule has 2 heteroatoms. The summed E-state index contributed by atoms with van der Waals surface area (Å²) in [5, 5.41) is 3.97.